The highest BCUT2D eigenvalue weighted by Gasteiger charge is 2.23. The zero-order valence-electron chi connectivity index (χ0n) is 11.7. The molecule has 2 N–H and O–H groups in total. The molecule has 0 rings (SSSR count). The van der Waals surface area contributed by atoms with E-state index in [0.29, 0.717) is 23.4 Å². The van der Waals surface area contributed by atoms with Gasteiger partial charge in [-0.25, -0.2) is 0 Å². The SMILES string of the molecule is CC(C)C(N)CCN(C)C(C)C(C)(C)C. The van der Waals surface area contributed by atoms with Crippen LogP contribution in [0.4, 0.5) is 0 Å². The van der Waals surface area contributed by atoms with Crippen molar-refractivity contribution in [1.29, 1.82) is 0 Å². The quantitative estimate of drug-likeness (QED) is 0.762. The number of nitrogens with two attached hydrogens (primary N) is 1. The standard InChI is InChI=1S/C13H30N2/c1-10(2)12(14)8-9-15(7)11(3)13(4,5)6/h10-12H,8-9,14H2,1-7H3. The molecule has 2 atom stereocenters. The average Bonchev–Trinajstić information content (AvgIpc) is 2.10. The molecule has 15 heavy (non-hydrogen) atoms. The molecule has 0 aliphatic heterocycles. The molecule has 0 radical (unpaired) electrons. The smallest absolute Gasteiger partial charge is 0.0112 e. The molecule has 2 heteroatoms. The van der Waals surface area contributed by atoms with Crippen LogP contribution >= 0.6 is 0 Å². The Balaban J connectivity index is 3.99. The van der Waals surface area contributed by atoms with Gasteiger partial charge in [0.1, 0.15) is 0 Å². The number of rotatable bonds is 5. The Morgan fingerprint density at radius 3 is 1.93 bits per heavy atom. The van der Waals surface area contributed by atoms with Gasteiger partial charge in [-0.3, -0.25) is 0 Å². The lowest BCUT2D eigenvalue weighted by atomic mass is 9.87. The minimum absolute atomic E-state index is 0.333. The second kappa shape index (κ2) is 5.86. The summed E-state index contributed by atoms with van der Waals surface area (Å²) in [6, 6.07) is 0.927. The van der Waals surface area contributed by atoms with Gasteiger partial charge in [0.2, 0.25) is 0 Å². The maximum atomic E-state index is 6.05. The van der Waals surface area contributed by atoms with E-state index in [1.54, 1.807) is 0 Å². The molecule has 0 aliphatic rings. The van der Waals surface area contributed by atoms with Gasteiger partial charge < -0.3 is 10.6 Å². The van der Waals surface area contributed by atoms with Gasteiger partial charge in [-0.2, -0.15) is 0 Å². The van der Waals surface area contributed by atoms with Crippen molar-refractivity contribution in [2.45, 2.75) is 60.0 Å². The zero-order valence-corrected chi connectivity index (χ0v) is 11.7. The van der Waals surface area contributed by atoms with E-state index in [2.05, 4.69) is 53.5 Å². The summed E-state index contributed by atoms with van der Waals surface area (Å²) >= 11 is 0. The third-order valence-corrected chi connectivity index (χ3v) is 3.59. The van der Waals surface area contributed by atoms with Crippen LogP contribution in [0.5, 0.6) is 0 Å². The first-order valence-corrected chi connectivity index (χ1v) is 6.12. The van der Waals surface area contributed by atoms with Crippen molar-refractivity contribution in [2.24, 2.45) is 17.1 Å². The fourth-order valence-corrected chi connectivity index (χ4v) is 1.54. The van der Waals surface area contributed by atoms with E-state index in [0.717, 1.165) is 13.0 Å². The molecule has 0 saturated heterocycles. The molecule has 0 saturated carbocycles. The summed E-state index contributed by atoms with van der Waals surface area (Å²) in [5.74, 6) is 0.586. The Morgan fingerprint density at radius 2 is 1.60 bits per heavy atom. The van der Waals surface area contributed by atoms with Crippen LogP contribution in [0.25, 0.3) is 0 Å². The average molecular weight is 214 g/mol. The number of hydrogen-bond donors (Lipinski definition) is 1. The Morgan fingerprint density at radius 1 is 1.13 bits per heavy atom. The molecule has 92 valence electrons. The molecule has 2 nitrogen and oxygen atoms in total. The number of nitrogens with zero attached hydrogens (tertiary/aromatic N) is 1. The van der Waals surface area contributed by atoms with Crippen LogP contribution in [0, 0.1) is 11.3 Å². The van der Waals surface area contributed by atoms with Crippen LogP contribution in [-0.2, 0) is 0 Å². The predicted octanol–water partition coefficient (Wildman–Crippen LogP) is 2.73. The molecule has 2 unspecified atom stereocenters. The van der Waals surface area contributed by atoms with Crippen LogP contribution in [0.2, 0.25) is 0 Å². The fraction of sp³-hybridized carbons (Fsp3) is 1.00. The van der Waals surface area contributed by atoms with Gasteiger partial charge in [0, 0.05) is 12.1 Å². The van der Waals surface area contributed by atoms with E-state index in [-0.39, 0.29) is 0 Å². The summed E-state index contributed by atoms with van der Waals surface area (Å²) in [6.45, 7) is 14.6. The second-order valence-electron chi connectivity index (χ2n) is 6.22. The third kappa shape index (κ3) is 5.53. The predicted molar refractivity (Wildman–Crippen MR) is 69.0 cm³/mol. The maximum Gasteiger partial charge on any atom is 0.0112 e. The first-order chi connectivity index (χ1) is 6.66. The van der Waals surface area contributed by atoms with Crippen LogP contribution in [-0.4, -0.2) is 30.6 Å². The first-order valence-electron chi connectivity index (χ1n) is 6.12. The van der Waals surface area contributed by atoms with Gasteiger partial charge in [-0.15, -0.1) is 0 Å². The zero-order chi connectivity index (χ0) is 12.2. The Hall–Kier alpha value is -0.0800. The highest BCUT2D eigenvalue weighted by molar-refractivity contribution is 4.78. The molecule has 0 aliphatic carbocycles. The molecule has 0 aromatic heterocycles. The van der Waals surface area contributed by atoms with E-state index in [4.69, 9.17) is 5.73 Å². The Bertz CT molecular complexity index is 170. The summed E-state index contributed by atoms with van der Waals surface area (Å²) in [5.41, 5.74) is 6.39. The van der Waals surface area contributed by atoms with Gasteiger partial charge in [0.05, 0.1) is 0 Å². The summed E-state index contributed by atoms with van der Waals surface area (Å²) < 4.78 is 0. The van der Waals surface area contributed by atoms with Gasteiger partial charge in [-0.05, 0) is 38.3 Å². The van der Waals surface area contributed by atoms with Gasteiger partial charge in [0.25, 0.3) is 0 Å². The molecule has 0 bridgehead atoms. The van der Waals surface area contributed by atoms with Crippen LogP contribution in [0.1, 0.15) is 48.0 Å². The molecule has 0 fully saturated rings. The highest BCUT2D eigenvalue weighted by Crippen LogP contribution is 2.23. The van der Waals surface area contributed by atoms with E-state index in [9.17, 15) is 0 Å². The van der Waals surface area contributed by atoms with Gasteiger partial charge >= 0.3 is 0 Å². The lowest BCUT2D eigenvalue weighted by molar-refractivity contribution is 0.135. The lowest BCUT2D eigenvalue weighted by Gasteiger charge is -2.36. The fourth-order valence-electron chi connectivity index (χ4n) is 1.54. The van der Waals surface area contributed by atoms with Crippen molar-refractivity contribution in [3.05, 3.63) is 0 Å². The maximum absolute atomic E-state index is 6.05. The van der Waals surface area contributed by atoms with E-state index in [1.165, 1.54) is 0 Å². The van der Waals surface area contributed by atoms with E-state index >= 15 is 0 Å². The first kappa shape index (κ1) is 14.9. The molecule has 0 spiro atoms. The molecule has 0 aromatic rings. The van der Waals surface area contributed by atoms with Gasteiger partial charge in [-0.1, -0.05) is 34.6 Å². The normalized spacial score (nSPS) is 17.2. The van der Waals surface area contributed by atoms with Crippen LogP contribution in [0.3, 0.4) is 0 Å². The molecule has 0 amide bonds. The minimum Gasteiger partial charge on any atom is -0.327 e. The third-order valence-electron chi connectivity index (χ3n) is 3.59. The van der Waals surface area contributed by atoms with Crippen molar-refractivity contribution in [2.75, 3.05) is 13.6 Å². The van der Waals surface area contributed by atoms with Crippen molar-refractivity contribution in [1.82, 2.24) is 4.90 Å². The largest absolute Gasteiger partial charge is 0.327 e. The summed E-state index contributed by atoms with van der Waals surface area (Å²) in [5, 5.41) is 0. The van der Waals surface area contributed by atoms with Crippen molar-refractivity contribution in [3.8, 4) is 0 Å². The topological polar surface area (TPSA) is 29.3 Å². The van der Waals surface area contributed by atoms with E-state index < -0.39 is 0 Å². The Kier molecular flexibility index (Phi) is 5.82. The molecule has 0 aromatic carbocycles. The minimum atomic E-state index is 0.333. The van der Waals surface area contributed by atoms with Crippen molar-refractivity contribution in [3.63, 3.8) is 0 Å². The van der Waals surface area contributed by atoms with E-state index in [1.807, 2.05) is 0 Å². The monoisotopic (exact) mass is 214 g/mol. The van der Waals surface area contributed by atoms with Crippen LogP contribution in [0.15, 0.2) is 0 Å². The second-order valence-corrected chi connectivity index (χ2v) is 6.22. The lowest BCUT2D eigenvalue weighted by Crippen LogP contribution is -2.41. The molecule has 0 heterocycles. The summed E-state index contributed by atoms with van der Waals surface area (Å²) in [7, 11) is 2.20. The van der Waals surface area contributed by atoms with Crippen LogP contribution < -0.4 is 5.73 Å². The van der Waals surface area contributed by atoms with Gasteiger partial charge in [0.15, 0.2) is 0 Å². The van der Waals surface area contributed by atoms with Crippen molar-refractivity contribution < 1.29 is 0 Å². The summed E-state index contributed by atoms with van der Waals surface area (Å²) in [4.78, 5) is 2.42. The Labute approximate surface area is 96.2 Å². The highest BCUT2D eigenvalue weighted by atomic mass is 15.1. The molecular formula is C13H30N2. The molecular weight excluding hydrogens is 184 g/mol. The summed E-state index contributed by atoms with van der Waals surface area (Å²) in [6.07, 6.45) is 1.09. The number of hydrogen-bond acceptors (Lipinski definition) is 2. The van der Waals surface area contributed by atoms with Crippen molar-refractivity contribution >= 4 is 0 Å².